The Labute approximate surface area is 126 Å². The Hall–Kier alpha value is -1.75. The SMILES string of the molecule is COC(=O)N1CCC[C@H](N[C@@H](C)c2ccc(OC)cc2)C1. The number of hydrogen-bond acceptors (Lipinski definition) is 4. The van der Waals surface area contributed by atoms with Crippen LogP contribution in [0, 0.1) is 0 Å². The Morgan fingerprint density at radius 3 is 2.67 bits per heavy atom. The van der Waals surface area contributed by atoms with E-state index in [1.54, 1.807) is 12.0 Å². The van der Waals surface area contributed by atoms with E-state index >= 15 is 0 Å². The van der Waals surface area contributed by atoms with Crippen LogP contribution in [0.1, 0.15) is 31.4 Å². The summed E-state index contributed by atoms with van der Waals surface area (Å²) < 4.78 is 9.97. The minimum absolute atomic E-state index is 0.235. The number of piperidine rings is 1. The van der Waals surface area contributed by atoms with E-state index in [0.29, 0.717) is 12.6 Å². The molecule has 1 saturated heterocycles. The zero-order valence-corrected chi connectivity index (χ0v) is 13.0. The number of likely N-dealkylation sites (tertiary alicyclic amines) is 1. The molecule has 0 bridgehead atoms. The van der Waals surface area contributed by atoms with Crippen LogP contribution in [0.2, 0.25) is 0 Å². The van der Waals surface area contributed by atoms with Gasteiger partial charge in [-0.2, -0.15) is 0 Å². The predicted octanol–water partition coefficient (Wildman–Crippen LogP) is 2.58. The third kappa shape index (κ3) is 4.11. The van der Waals surface area contributed by atoms with E-state index in [2.05, 4.69) is 24.4 Å². The standard InChI is InChI=1S/C16H24N2O3/c1-12(13-6-8-15(20-2)9-7-13)17-14-5-4-10-18(11-14)16(19)21-3/h6-9,12,14,17H,4-5,10-11H2,1-3H3/t12-,14-/m0/s1. The van der Waals surface area contributed by atoms with Crippen molar-refractivity contribution in [3.05, 3.63) is 29.8 Å². The molecule has 1 aromatic rings. The van der Waals surface area contributed by atoms with Crippen molar-refractivity contribution < 1.29 is 14.3 Å². The zero-order valence-electron chi connectivity index (χ0n) is 13.0. The summed E-state index contributed by atoms with van der Waals surface area (Å²) in [4.78, 5) is 13.4. The summed E-state index contributed by atoms with van der Waals surface area (Å²) in [6.45, 7) is 3.62. The lowest BCUT2D eigenvalue weighted by Crippen LogP contribution is -2.48. The summed E-state index contributed by atoms with van der Waals surface area (Å²) in [7, 11) is 3.10. The van der Waals surface area contributed by atoms with Gasteiger partial charge in [0.1, 0.15) is 5.75 Å². The van der Waals surface area contributed by atoms with E-state index in [1.165, 1.54) is 12.7 Å². The molecule has 1 aliphatic rings. The number of rotatable bonds is 4. The first kappa shape index (κ1) is 15.6. The maximum Gasteiger partial charge on any atom is 0.409 e. The minimum atomic E-state index is -0.237. The first-order chi connectivity index (χ1) is 10.1. The van der Waals surface area contributed by atoms with Crippen molar-refractivity contribution in [3.63, 3.8) is 0 Å². The van der Waals surface area contributed by atoms with Crippen LogP contribution in [0.3, 0.4) is 0 Å². The maximum atomic E-state index is 11.6. The van der Waals surface area contributed by atoms with Gasteiger partial charge < -0.3 is 19.7 Å². The van der Waals surface area contributed by atoms with Crippen LogP contribution in [0.4, 0.5) is 4.79 Å². The molecule has 1 heterocycles. The largest absolute Gasteiger partial charge is 0.497 e. The molecule has 5 nitrogen and oxygen atoms in total. The van der Waals surface area contributed by atoms with Gasteiger partial charge in [-0.3, -0.25) is 0 Å². The fourth-order valence-electron chi connectivity index (χ4n) is 2.75. The Kier molecular flexibility index (Phi) is 5.44. The van der Waals surface area contributed by atoms with Gasteiger partial charge >= 0.3 is 6.09 Å². The van der Waals surface area contributed by atoms with Crippen molar-refractivity contribution >= 4 is 6.09 Å². The topological polar surface area (TPSA) is 50.8 Å². The number of amides is 1. The van der Waals surface area contributed by atoms with Gasteiger partial charge in [-0.05, 0) is 37.5 Å². The summed E-state index contributed by atoms with van der Waals surface area (Å²) in [5.74, 6) is 0.862. The monoisotopic (exact) mass is 292 g/mol. The van der Waals surface area contributed by atoms with Gasteiger partial charge in [0.15, 0.2) is 0 Å². The van der Waals surface area contributed by atoms with Crippen LogP contribution in [-0.4, -0.2) is 44.3 Å². The highest BCUT2D eigenvalue weighted by Gasteiger charge is 2.25. The highest BCUT2D eigenvalue weighted by Crippen LogP contribution is 2.20. The number of ether oxygens (including phenoxy) is 2. The molecule has 5 heteroatoms. The summed E-state index contributed by atoms with van der Waals surface area (Å²) in [5, 5.41) is 3.59. The van der Waals surface area contributed by atoms with E-state index in [9.17, 15) is 4.79 Å². The lowest BCUT2D eigenvalue weighted by Gasteiger charge is -2.34. The van der Waals surface area contributed by atoms with Crippen molar-refractivity contribution in [2.75, 3.05) is 27.3 Å². The normalized spacial score (nSPS) is 20.0. The van der Waals surface area contributed by atoms with E-state index in [1.807, 2.05) is 12.1 Å². The minimum Gasteiger partial charge on any atom is -0.497 e. The molecule has 2 atom stereocenters. The van der Waals surface area contributed by atoms with Gasteiger partial charge in [0, 0.05) is 25.2 Å². The van der Waals surface area contributed by atoms with Crippen molar-refractivity contribution in [3.8, 4) is 5.75 Å². The maximum absolute atomic E-state index is 11.6. The molecule has 116 valence electrons. The van der Waals surface area contributed by atoms with Gasteiger partial charge in [0.25, 0.3) is 0 Å². The molecule has 0 radical (unpaired) electrons. The molecule has 0 spiro atoms. The second kappa shape index (κ2) is 7.31. The van der Waals surface area contributed by atoms with E-state index < -0.39 is 0 Å². The molecule has 0 unspecified atom stereocenters. The predicted molar refractivity (Wildman–Crippen MR) is 81.5 cm³/mol. The molecule has 0 aromatic heterocycles. The van der Waals surface area contributed by atoms with E-state index in [4.69, 9.17) is 9.47 Å². The average Bonchev–Trinajstić information content (AvgIpc) is 2.54. The van der Waals surface area contributed by atoms with E-state index in [-0.39, 0.29) is 12.1 Å². The van der Waals surface area contributed by atoms with Crippen LogP contribution in [-0.2, 0) is 4.74 Å². The highest BCUT2D eigenvalue weighted by atomic mass is 16.5. The van der Waals surface area contributed by atoms with E-state index in [0.717, 1.165) is 25.1 Å². The van der Waals surface area contributed by atoms with Crippen molar-refractivity contribution in [2.45, 2.75) is 31.8 Å². The van der Waals surface area contributed by atoms with Crippen LogP contribution in [0.5, 0.6) is 5.75 Å². The summed E-state index contributed by atoms with van der Waals surface area (Å²) in [6.07, 6.45) is 1.84. The quantitative estimate of drug-likeness (QED) is 0.926. The fraction of sp³-hybridized carbons (Fsp3) is 0.562. The number of nitrogens with one attached hydrogen (secondary N) is 1. The Balaban J connectivity index is 1.91. The highest BCUT2D eigenvalue weighted by molar-refractivity contribution is 5.67. The van der Waals surface area contributed by atoms with Gasteiger partial charge in [0.2, 0.25) is 0 Å². The summed E-state index contributed by atoms with van der Waals surface area (Å²) >= 11 is 0. The molecule has 0 saturated carbocycles. The average molecular weight is 292 g/mol. The van der Waals surface area contributed by atoms with Crippen molar-refractivity contribution in [2.24, 2.45) is 0 Å². The second-order valence-electron chi connectivity index (χ2n) is 5.42. The van der Waals surface area contributed by atoms with Crippen LogP contribution in [0.15, 0.2) is 24.3 Å². The van der Waals surface area contributed by atoms with Crippen LogP contribution >= 0.6 is 0 Å². The number of hydrogen-bond donors (Lipinski definition) is 1. The van der Waals surface area contributed by atoms with Crippen LogP contribution < -0.4 is 10.1 Å². The third-order valence-electron chi connectivity index (χ3n) is 3.96. The Morgan fingerprint density at radius 2 is 2.05 bits per heavy atom. The fourth-order valence-corrected chi connectivity index (χ4v) is 2.75. The molecule has 2 rings (SSSR count). The lowest BCUT2D eigenvalue weighted by molar-refractivity contribution is 0.106. The van der Waals surface area contributed by atoms with Gasteiger partial charge in [-0.1, -0.05) is 12.1 Å². The van der Waals surface area contributed by atoms with Gasteiger partial charge in [-0.15, -0.1) is 0 Å². The zero-order chi connectivity index (χ0) is 15.2. The third-order valence-corrected chi connectivity index (χ3v) is 3.96. The van der Waals surface area contributed by atoms with Gasteiger partial charge in [-0.25, -0.2) is 4.79 Å². The number of nitrogens with zero attached hydrogens (tertiary/aromatic N) is 1. The molecule has 21 heavy (non-hydrogen) atoms. The van der Waals surface area contributed by atoms with Gasteiger partial charge in [0.05, 0.1) is 14.2 Å². The molecule has 1 aromatic carbocycles. The van der Waals surface area contributed by atoms with Crippen molar-refractivity contribution in [1.82, 2.24) is 10.2 Å². The molecule has 1 N–H and O–H groups in total. The second-order valence-corrected chi connectivity index (χ2v) is 5.42. The molecule has 1 amide bonds. The molecular weight excluding hydrogens is 268 g/mol. The number of carbonyl (C=O) groups excluding carboxylic acids is 1. The Morgan fingerprint density at radius 1 is 1.33 bits per heavy atom. The van der Waals surface area contributed by atoms with Crippen LogP contribution in [0.25, 0.3) is 0 Å². The molecular formula is C16H24N2O3. The first-order valence-corrected chi connectivity index (χ1v) is 7.37. The molecule has 1 aliphatic heterocycles. The Bertz CT molecular complexity index is 461. The number of methoxy groups -OCH3 is 2. The summed E-state index contributed by atoms with van der Waals surface area (Å²) in [5.41, 5.74) is 1.21. The lowest BCUT2D eigenvalue weighted by atomic mass is 10.0. The smallest absolute Gasteiger partial charge is 0.409 e. The number of benzene rings is 1. The molecule has 0 aliphatic carbocycles. The van der Waals surface area contributed by atoms with Crippen molar-refractivity contribution in [1.29, 1.82) is 0 Å². The number of carbonyl (C=O) groups is 1. The molecule has 1 fully saturated rings. The first-order valence-electron chi connectivity index (χ1n) is 7.37. The summed E-state index contributed by atoms with van der Waals surface area (Å²) in [6, 6.07) is 8.60.